The topological polar surface area (TPSA) is 119 Å². The number of piperidine rings is 1. The van der Waals surface area contributed by atoms with E-state index in [-0.39, 0.29) is 48.0 Å². The van der Waals surface area contributed by atoms with Crippen molar-refractivity contribution in [2.75, 3.05) is 12.3 Å². The number of halogens is 3. The lowest BCUT2D eigenvalue weighted by atomic mass is 9.83. The monoisotopic (exact) mass is 486 g/mol. The van der Waals surface area contributed by atoms with Crippen molar-refractivity contribution in [1.29, 1.82) is 0 Å². The molecule has 2 fully saturated rings. The van der Waals surface area contributed by atoms with E-state index < -0.39 is 39.4 Å². The Morgan fingerprint density at radius 1 is 1.18 bits per heavy atom. The number of hydrogen-bond donors (Lipinski definition) is 2. The normalized spacial score (nSPS) is 24.1. The predicted molar refractivity (Wildman–Crippen MR) is 112 cm³/mol. The molecule has 4 rings (SSSR count). The molecule has 3 heterocycles. The zero-order valence-electron chi connectivity index (χ0n) is 17.7. The summed E-state index contributed by atoms with van der Waals surface area (Å²) in [5.74, 6) is -4.10. The van der Waals surface area contributed by atoms with E-state index in [1.165, 1.54) is 10.5 Å². The molecule has 4 atom stereocenters. The summed E-state index contributed by atoms with van der Waals surface area (Å²) in [5, 5.41) is 2.51. The second kappa shape index (κ2) is 9.43. The number of fused-ring (bicyclic) bond motifs is 2. The van der Waals surface area contributed by atoms with Crippen LogP contribution < -0.4 is 11.1 Å². The fourth-order valence-electron chi connectivity index (χ4n) is 4.93. The molecule has 2 unspecified atom stereocenters. The minimum absolute atomic E-state index is 0.000239. The lowest BCUT2D eigenvalue weighted by Crippen LogP contribution is -2.51. The summed E-state index contributed by atoms with van der Waals surface area (Å²) >= 11 is 0. The van der Waals surface area contributed by atoms with Crippen molar-refractivity contribution in [3.8, 4) is 0 Å². The van der Waals surface area contributed by atoms with Gasteiger partial charge in [-0.25, -0.2) is 26.6 Å². The number of nitrogens with one attached hydrogen (secondary N) is 1. The average Bonchev–Trinajstić information content (AvgIpc) is 3.39. The van der Waals surface area contributed by atoms with Crippen LogP contribution in [-0.4, -0.2) is 54.0 Å². The number of oxazole rings is 1. The molecule has 12 heteroatoms. The second-order valence-corrected chi connectivity index (χ2v) is 10.6. The summed E-state index contributed by atoms with van der Waals surface area (Å²) in [4.78, 5) is 15.5. The second-order valence-electron chi connectivity index (χ2n) is 8.61. The molecule has 0 spiro atoms. The van der Waals surface area contributed by atoms with Crippen molar-refractivity contribution in [2.45, 2.75) is 50.2 Å². The number of carbonyl (C=O) groups is 1. The van der Waals surface area contributed by atoms with Crippen LogP contribution in [0.25, 0.3) is 0 Å². The summed E-state index contributed by atoms with van der Waals surface area (Å²) in [7, 11) is -3.63. The molecule has 2 saturated heterocycles. The molecule has 2 aliphatic heterocycles. The molecule has 1 aromatic carbocycles. The Bertz CT molecular complexity index is 1100. The van der Waals surface area contributed by atoms with E-state index in [1.54, 1.807) is 0 Å². The molecule has 3 N–H and O–H groups in total. The molecule has 8 nitrogen and oxygen atoms in total. The van der Waals surface area contributed by atoms with Crippen LogP contribution in [0.3, 0.4) is 0 Å². The van der Waals surface area contributed by atoms with Crippen molar-refractivity contribution in [3.63, 3.8) is 0 Å². The number of aromatic nitrogens is 1. The molecule has 2 aliphatic rings. The Balaban J connectivity index is 1.35. The molecule has 0 aliphatic carbocycles. The molecule has 0 radical (unpaired) electrons. The van der Waals surface area contributed by atoms with E-state index in [9.17, 15) is 26.4 Å². The highest BCUT2D eigenvalue weighted by Crippen LogP contribution is 2.42. The first kappa shape index (κ1) is 23.7. The van der Waals surface area contributed by atoms with Crippen molar-refractivity contribution in [3.05, 3.63) is 53.5 Å². The highest BCUT2D eigenvalue weighted by Gasteiger charge is 2.47. The molecule has 2 bridgehead atoms. The lowest BCUT2D eigenvalue weighted by molar-refractivity contribution is 0.0928. The maximum Gasteiger partial charge on any atom is 0.288 e. The van der Waals surface area contributed by atoms with Crippen LogP contribution in [0.15, 0.2) is 29.1 Å². The van der Waals surface area contributed by atoms with Crippen molar-refractivity contribution in [1.82, 2.24) is 14.6 Å². The minimum atomic E-state index is -3.63. The standard InChI is InChI=1S/C21H25F3N4O4S/c22-16-9-18(24)17(23)7-12(16)8-19(25)13-5-14-1-2-15(6-13)28(14)33(30,31)4-3-27-21(29)20-10-26-11-32-20/h7,9-11,13-15,19H,1-6,8,25H2,(H,27,29)/t13?,14-,15+,19?. The maximum absolute atomic E-state index is 14.0. The van der Waals surface area contributed by atoms with Gasteiger partial charge in [0.25, 0.3) is 5.91 Å². The van der Waals surface area contributed by atoms with E-state index >= 15 is 0 Å². The molecular weight excluding hydrogens is 461 g/mol. The maximum atomic E-state index is 14.0. The smallest absolute Gasteiger partial charge is 0.288 e. The van der Waals surface area contributed by atoms with Crippen molar-refractivity contribution >= 4 is 15.9 Å². The number of nitrogens with two attached hydrogens (primary N) is 1. The number of benzene rings is 1. The quantitative estimate of drug-likeness (QED) is 0.551. The van der Waals surface area contributed by atoms with E-state index in [0.29, 0.717) is 31.7 Å². The van der Waals surface area contributed by atoms with Gasteiger partial charge in [0.2, 0.25) is 15.8 Å². The van der Waals surface area contributed by atoms with Gasteiger partial charge in [0.05, 0.1) is 11.9 Å². The van der Waals surface area contributed by atoms with E-state index in [2.05, 4.69) is 10.3 Å². The van der Waals surface area contributed by atoms with Gasteiger partial charge in [-0.1, -0.05) is 0 Å². The van der Waals surface area contributed by atoms with Gasteiger partial charge in [0, 0.05) is 30.7 Å². The molecule has 1 amide bonds. The fourth-order valence-corrected chi connectivity index (χ4v) is 6.80. The molecule has 33 heavy (non-hydrogen) atoms. The molecule has 1 aromatic heterocycles. The Kier molecular flexibility index (Phi) is 6.78. The Hall–Kier alpha value is -2.44. The number of rotatable bonds is 8. The number of nitrogens with zero attached hydrogens (tertiary/aromatic N) is 2. The van der Waals surface area contributed by atoms with E-state index in [4.69, 9.17) is 10.2 Å². The van der Waals surface area contributed by atoms with E-state index in [0.717, 1.165) is 12.5 Å². The van der Waals surface area contributed by atoms with Crippen LogP contribution in [-0.2, 0) is 16.4 Å². The van der Waals surface area contributed by atoms with Crippen molar-refractivity contribution in [2.24, 2.45) is 11.7 Å². The van der Waals surface area contributed by atoms with Crippen LogP contribution in [0, 0.1) is 23.4 Å². The van der Waals surface area contributed by atoms with Crippen LogP contribution in [0.5, 0.6) is 0 Å². The third-order valence-corrected chi connectivity index (χ3v) is 8.43. The summed E-state index contributed by atoms with van der Waals surface area (Å²) in [6, 6.07) is 0.358. The molecular formula is C21H25F3N4O4S. The van der Waals surface area contributed by atoms with Crippen LogP contribution in [0.4, 0.5) is 13.2 Å². The first-order chi connectivity index (χ1) is 15.7. The zero-order valence-corrected chi connectivity index (χ0v) is 18.5. The lowest BCUT2D eigenvalue weighted by Gasteiger charge is -2.40. The van der Waals surface area contributed by atoms with Gasteiger partial charge in [-0.15, -0.1) is 0 Å². The number of sulfonamides is 1. The predicted octanol–water partition coefficient (Wildman–Crippen LogP) is 1.96. The first-order valence-electron chi connectivity index (χ1n) is 10.7. The third kappa shape index (κ3) is 5.07. The first-order valence-corrected chi connectivity index (χ1v) is 12.3. The highest BCUT2D eigenvalue weighted by molar-refractivity contribution is 7.89. The fraction of sp³-hybridized carbons (Fsp3) is 0.524. The van der Waals surface area contributed by atoms with Gasteiger partial charge in [0.15, 0.2) is 18.0 Å². The Morgan fingerprint density at radius 2 is 1.85 bits per heavy atom. The summed E-state index contributed by atoms with van der Waals surface area (Å²) in [6.07, 6.45) is 4.78. The van der Waals surface area contributed by atoms with E-state index in [1.807, 2.05) is 0 Å². The summed E-state index contributed by atoms with van der Waals surface area (Å²) in [6.45, 7) is -0.0733. The Morgan fingerprint density at radius 3 is 2.48 bits per heavy atom. The summed E-state index contributed by atoms with van der Waals surface area (Å²) < 4.78 is 73.1. The highest BCUT2D eigenvalue weighted by atomic mass is 32.2. The van der Waals surface area contributed by atoms with Crippen LogP contribution in [0.2, 0.25) is 0 Å². The van der Waals surface area contributed by atoms with Gasteiger partial charge in [-0.2, -0.15) is 4.31 Å². The minimum Gasteiger partial charge on any atom is -0.438 e. The molecule has 0 saturated carbocycles. The zero-order chi connectivity index (χ0) is 23.8. The van der Waals surface area contributed by atoms with Crippen LogP contribution in [0.1, 0.15) is 41.8 Å². The van der Waals surface area contributed by atoms with Gasteiger partial charge in [-0.05, 0) is 49.7 Å². The SMILES string of the molecule is NC(Cc1cc(F)c(F)cc1F)C1C[C@H]2CC[C@@H](C1)N2S(=O)(=O)CCNC(=O)c1cnco1. The van der Waals surface area contributed by atoms with Gasteiger partial charge >= 0.3 is 0 Å². The van der Waals surface area contributed by atoms with Crippen LogP contribution >= 0.6 is 0 Å². The van der Waals surface area contributed by atoms with Gasteiger partial charge < -0.3 is 15.5 Å². The van der Waals surface area contributed by atoms with Crippen molar-refractivity contribution < 1.29 is 30.8 Å². The third-order valence-electron chi connectivity index (χ3n) is 6.48. The van der Waals surface area contributed by atoms with Gasteiger partial charge in [0.1, 0.15) is 5.82 Å². The van der Waals surface area contributed by atoms with Gasteiger partial charge in [-0.3, -0.25) is 4.79 Å². The molecule has 180 valence electrons. The number of hydrogen-bond acceptors (Lipinski definition) is 6. The molecule has 2 aromatic rings. The largest absolute Gasteiger partial charge is 0.438 e. The number of amides is 1. The average molecular weight is 487 g/mol. The summed E-state index contributed by atoms with van der Waals surface area (Å²) in [5.41, 5.74) is 6.30. The Labute approximate surface area is 189 Å². The number of carbonyl (C=O) groups excluding carboxylic acids is 1.